The summed E-state index contributed by atoms with van der Waals surface area (Å²) in [6.07, 6.45) is 4.41. The van der Waals surface area contributed by atoms with Gasteiger partial charge in [-0.05, 0) is 43.9 Å². The Morgan fingerprint density at radius 3 is 2.39 bits per heavy atom. The molecule has 5 nitrogen and oxygen atoms in total. The highest BCUT2D eigenvalue weighted by Crippen LogP contribution is 2.44. The lowest BCUT2D eigenvalue weighted by molar-refractivity contribution is -0.139. The zero-order chi connectivity index (χ0) is 20.0. The summed E-state index contributed by atoms with van der Waals surface area (Å²) in [5, 5.41) is 15.3. The Morgan fingerprint density at radius 1 is 1.07 bits per heavy atom. The van der Waals surface area contributed by atoms with Crippen molar-refractivity contribution < 1.29 is 14.7 Å². The van der Waals surface area contributed by atoms with E-state index in [9.17, 15) is 14.7 Å². The molecular weight excluding hydrogens is 372 g/mol. The fourth-order valence-electron chi connectivity index (χ4n) is 3.80. The average Bonchev–Trinajstić information content (AvgIpc) is 3.37. The van der Waals surface area contributed by atoms with Gasteiger partial charge in [0.1, 0.15) is 0 Å². The third kappa shape index (κ3) is 5.00. The van der Waals surface area contributed by atoms with Crippen LogP contribution in [0.4, 0.5) is 0 Å². The number of benzene rings is 1. The molecule has 1 heterocycles. The third-order valence-electron chi connectivity index (χ3n) is 5.46. The highest BCUT2D eigenvalue weighted by molar-refractivity contribution is 7.12. The van der Waals surface area contributed by atoms with Gasteiger partial charge in [0, 0.05) is 28.3 Å². The van der Waals surface area contributed by atoms with E-state index in [2.05, 4.69) is 16.7 Å². The summed E-state index contributed by atoms with van der Waals surface area (Å²) in [5.74, 6) is -1.16. The van der Waals surface area contributed by atoms with Crippen LogP contribution in [-0.2, 0) is 21.4 Å². The van der Waals surface area contributed by atoms with Gasteiger partial charge in [-0.15, -0.1) is 11.3 Å². The lowest BCUT2D eigenvalue weighted by Gasteiger charge is -2.28. The van der Waals surface area contributed by atoms with E-state index in [4.69, 9.17) is 0 Å². The molecular formula is C22H28N2O3S. The summed E-state index contributed by atoms with van der Waals surface area (Å²) in [4.78, 5) is 26.5. The van der Waals surface area contributed by atoms with Crippen molar-refractivity contribution in [2.45, 2.75) is 50.5 Å². The summed E-state index contributed by atoms with van der Waals surface area (Å²) in [7, 11) is 0. The number of thiophene rings is 1. The number of carbonyl (C=O) groups is 2. The summed E-state index contributed by atoms with van der Waals surface area (Å²) >= 11 is 1.61. The number of aliphatic hydroxyl groups is 1. The van der Waals surface area contributed by atoms with Gasteiger partial charge in [-0.1, -0.05) is 43.2 Å². The normalized spacial score (nSPS) is 16.5. The maximum absolute atomic E-state index is 12.3. The molecule has 0 spiro atoms. The molecule has 1 aromatic carbocycles. The van der Waals surface area contributed by atoms with Crippen LogP contribution in [-0.4, -0.2) is 30.0 Å². The molecule has 1 aromatic heterocycles. The van der Waals surface area contributed by atoms with E-state index in [1.54, 1.807) is 18.3 Å². The molecule has 0 bridgehead atoms. The number of nitrogens with one attached hydrogen (secondary N) is 2. The number of aliphatic hydroxyl groups excluding tert-OH is 1. The highest BCUT2D eigenvalue weighted by atomic mass is 32.1. The first-order valence-corrected chi connectivity index (χ1v) is 10.7. The molecule has 1 saturated carbocycles. The SMILES string of the molecule is CC(O)c1ccc(C2(CNC(=O)C(=O)NCCc3ccccc3)CCCC2)s1. The minimum Gasteiger partial charge on any atom is -0.388 e. The molecule has 2 amide bonds. The highest BCUT2D eigenvalue weighted by Gasteiger charge is 2.37. The Labute approximate surface area is 170 Å². The van der Waals surface area contributed by atoms with Gasteiger partial charge in [0.2, 0.25) is 0 Å². The molecule has 0 radical (unpaired) electrons. The quantitative estimate of drug-likeness (QED) is 0.625. The Bertz CT molecular complexity index is 795. The summed E-state index contributed by atoms with van der Waals surface area (Å²) < 4.78 is 0. The van der Waals surface area contributed by atoms with E-state index >= 15 is 0 Å². The van der Waals surface area contributed by atoms with Crippen LogP contribution in [0, 0.1) is 0 Å². The third-order valence-corrected chi connectivity index (χ3v) is 6.96. The lowest BCUT2D eigenvalue weighted by atomic mass is 9.84. The van der Waals surface area contributed by atoms with Gasteiger partial charge in [-0.3, -0.25) is 9.59 Å². The second-order valence-electron chi connectivity index (χ2n) is 7.54. The lowest BCUT2D eigenvalue weighted by Crippen LogP contribution is -2.45. The van der Waals surface area contributed by atoms with E-state index in [0.717, 1.165) is 36.1 Å². The van der Waals surface area contributed by atoms with Crippen molar-refractivity contribution >= 4 is 23.2 Å². The molecule has 6 heteroatoms. The van der Waals surface area contributed by atoms with Crippen LogP contribution < -0.4 is 10.6 Å². The van der Waals surface area contributed by atoms with E-state index in [0.29, 0.717) is 19.5 Å². The molecule has 1 atom stereocenters. The van der Waals surface area contributed by atoms with Crippen LogP contribution in [0.5, 0.6) is 0 Å². The maximum Gasteiger partial charge on any atom is 0.309 e. The minimum atomic E-state index is -0.583. The van der Waals surface area contributed by atoms with Gasteiger partial charge in [0.25, 0.3) is 0 Å². The van der Waals surface area contributed by atoms with Crippen LogP contribution in [0.1, 0.15) is 54.0 Å². The predicted octanol–water partition coefficient (Wildman–Crippen LogP) is 3.09. The van der Waals surface area contributed by atoms with Crippen molar-refractivity contribution in [1.29, 1.82) is 0 Å². The van der Waals surface area contributed by atoms with Gasteiger partial charge in [-0.25, -0.2) is 0 Å². The topological polar surface area (TPSA) is 78.4 Å². The van der Waals surface area contributed by atoms with Crippen LogP contribution in [0.25, 0.3) is 0 Å². The van der Waals surface area contributed by atoms with E-state index in [1.807, 2.05) is 36.4 Å². The van der Waals surface area contributed by atoms with Gasteiger partial charge < -0.3 is 15.7 Å². The second kappa shape index (κ2) is 9.34. The fourth-order valence-corrected chi connectivity index (χ4v) is 4.99. The zero-order valence-corrected chi connectivity index (χ0v) is 17.1. The van der Waals surface area contributed by atoms with Crippen molar-refractivity contribution in [3.63, 3.8) is 0 Å². The molecule has 150 valence electrons. The smallest absolute Gasteiger partial charge is 0.309 e. The van der Waals surface area contributed by atoms with E-state index in [1.165, 1.54) is 4.88 Å². The first-order valence-electron chi connectivity index (χ1n) is 9.88. The van der Waals surface area contributed by atoms with Crippen molar-refractivity contribution in [3.8, 4) is 0 Å². The average molecular weight is 401 g/mol. The Morgan fingerprint density at radius 2 is 1.75 bits per heavy atom. The van der Waals surface area contributed by atoms with Gasteiger partial charge in [0.15, 0.2) is 0 Å². The summed E-state index contributed by atoms with van der Waals surface area (Å²) in [6, 6.07) is 13.9. The molecule has 0 aliphatic heterocycles. The van der Waals surface area contributed by atoms with Crippen molar-refractivity contribution in [2.75, 3.05) is 13.1 Å². The molecule has 0 saturated heterocycles. The van der Waals surface area contributed by atoms with Crippen LogP contribution >= 0.6 is 11.3 Å². The van der Waals surface area contributed by atoms with E-state index in [-0.39, 0.29) is 5.41 Å². The summed E-state index contributed by atoms with van der Waals surface area (Å²) in [5.41, 5.74) is 0.998. The number of rotatable bonds is 7. The van der Waals surface area contributed by atoms with Crippen LogP contribution in [0.2, 0.25) is 0 Å². The van der Waals surface area contributed by atoms with Crippen molar-refractivity contribution in [3.05, 3.63) is 57.8 Å². The number of hydrogen-bond donors (Lipinski definition) is 3. The second-order valence-corrected chi connectivity index (χ2v) is 8.65. The molecule has 2 aromatic rings. The molecule has 3 rings (SSSR count). The van der Waals surface area contributed by atoms with E-state index < -0.39 is 17.9 Å². The van der Waals surface area contributed by atoms with Gasteiger partial charge in [0.05, 0.1) is 6.10 Å². The van der Waals surface area contributed by atoms with Gasteiger partial charge in [-0.2, -0.15) is 0 Å². The number of carbonyl (C=O) groups excluding carboxylic acids is 2. The first-order chi connectivity index (χ1) is 13.5. The molecule has 1 aliphatic carbocycles. The molecule has 1 unspecified atom stereocenters. The number of amides is 2. The zero-order valence-electron chi connectivity index (χ0n) is 16.2. The van der Waals surface area contributed by atoms with Crippen molar-refractivity contribution in [2.24, 2.45) is 0 Å². The van der Waals surface area contributed by atoms with Crippen molar-refractivity contribution in [1.82, 2.24) is 10.6 Å². The standard InChI is InChI=1S/C22H28N2O3S/c1-16(25)18-9-10-19(28-18)22(12-5-6-13-22)15-24-21(27)20(26)23-14-11-17-7-3-2-4-8-17/h2-4,7-10,16,25H,5-6,11-15H2,1H3,(H,23,26)(H,24,27). The van der Waals surface area contributed by atoms with Gasteiger partial charge >= 0.3 is 11.8 Å². The molecule has 1 aliphatic rings. The molecule has 1 fully saturated rings. The first kappa shape index (κ1) is 20.6. The maximum atomic E-state index is 12.3. The minimum absolute atomic E-state index is 0.127. The summed E-state index contributed by atoms with van der Waals surface area (Å²) in [6.45, 7) is 2.65. The largest absolute Gasteiger partial charge is 0.388 e. The fraction of sp³-hybridized carbons (Fsp3) is 0.455. The van der Waals surface area contributed by atoms with Crippen LogP contribution in [0.3, 0.4) is 0 Å². The van der Waals surface area contributed by atoms with Crippen LogP contribution in [0.15, 0.2) is 42.5 Å². The Hall–Kier alpha value is -2.18. The number of hydrogen-bond acceptors (Lipinski definition) is 4. The molecule has 28 heavy (non-hydrogen) atoms. The predicted molar refractivity (Wildman–Crippen MR) is 111 cm³/mol. The Balaban J connectivity index is 1.52. The Kier molecular flexibility index (Phi) is 6.86. The molecule has 3 N–H and O–H groups in total. The monoisotopic (exact) mass is 400 g/mol.